The fourth-order valence-electron chi connectivity index (χ4n) is 0.816. The molecule has 0 heterocycles. The van der Waals surface area contributed by atoms with Gasteiger partial charge >= 0.3 is 51.4 Å². The van der Waals surface area contributed by atoms with E-state index in [2.05, 4.69) is 25.3 Å². The van der Waals surface area contributed by atoms with Crippen LogP contribution in [0.2, 0.25) is 0 Å². The Morgan fingerprint density at radius 1 is 1.38 bits per heavy atom. The van der Waals surface area contributed by atoms with E-state index in [0.717, 1.165) is 11.1 Å². The van der Waals surface area contributed by atoms with Crippen LogP contribution in [0.5, 0.6) is 0 Å². The van der Waals surface area contributed by atoms with E-state index in [9.17, 15) is 0 Å². The Morgan fingerprint density at radius 3 is 2.19 bits per heavy atom. The molecule has 0 amide bonds. The van der Waals surface area contributed by atoms with Crippen LogP contribution >= 0.6 is 0 Å². The van der Waals surface area contributed by atoms with Gasteiger partial charge in [0.25, 0.3) is 0 Å². The summed E-state index contributed by atoms with van der Waals surface area (Å²) in [5.41, 5.74) is 1.37. The van der Waals surface area contributed by atoms with Gasteiger partial charge in [-0.25, -0.2) is 12.2 Å². The molecule has 0 aliphatic heterocycles. The van der Waals surface area contributed by atoms with Gasteiger partial charge in [0, 0.05) is 5.57 Å². The average Bonchev–Trinajstić information content (AvgIpc) is 2.08. The van der Waals surface area contributed by atoms with Crippen molar-refractivity contribution in [3.05, 3.63) is 56.0 Å². The summed E-state index contributed by atoms with van der Waals surface area (Å²) in [5, 5.41) is 8.92. The number of allylic oxidation sites excluding steroid dienone is 6. The van der Waals surface area contributed by atoms with E-state index in [1.165, 1.54) is 0 Å². The van der Waals surface area contributed by atoms with E-state index in [1.807, 2.05) is 20.8 Å². The van der Waals surface area contributed by atoms with Gasteiger partial charge in [0.15, 0.2) is 0 Å². The molecule has 82 valence electrons. The summed E-state index contributed by atoms with van der Waals surface area (Å²) in [5.74, 6) is 0. The minimum absolute atomic E-state index is 0. The molecular formula is C14H19KN-. The molecule has 0 fully saturated rings. The number of nitrogens with zero attached hydrogens (tertiary/aromatic N) is 1. The molecule has 0 N–H and O–H groups in total. The monoisotopic (exact) mass is 240 g/mol. The first kappa shape index (κ1) is 21.4. The van der Waals surface area contributed by atoms with E-state index in [1.54, 1.807) is 18.2 Å². The summed E-state index contributed by atoms with van der Waals surface area (Å²) < 4.78 is 0. The summed E-state index contributed by atoms with van der Waals surface area (Å²) in [6.45, 7) is 13.2. The summed E-state index contributed by atoms with van der Waals surface area (Å²) in [6, 6.07) is 2.18. The molecule has 0 saturated heterocycles. The summed E-state index contributed by atoms with van der Waals surface area (Å²) in [6.07, 6.45) is 7.86. The fraction of sp³-hybridized carbons (Fsp3) is 0.286. The van der Waals surface area contributed by atoms with Gasteiger partial charge in [0.05, 0.1) is 6.07 Å². The zero-order valence-electron chi connectivity index (χ0n) is 11.1. The molecule has 2 heteroatoms. The Balaban J connectivity index is -0.000000845. The van der Waals surface area contributed by atoms with Crippen molar-refractivity contribution in [3.8, 4) is 6.07 Å². The molecular weight excluding hydrogens is 221 g/mol. The van der Waals surface area contributed by atoms with E-state index in [4.69, 9.17) is 5.26 Å². The van der Waals surface area contributed by atoms with Gasteiger partial charge in [-0.3, -0.25) is 6.08 Å². The van der Waals surface area contributed by atoms with Crippen molar-refractivity contribution in [3.63, 3.8) is 0 Å². The summed E-state index contributed by atoms with van der Waals surface area (Å²) in [7, 11) is 0. The third kappa shape index (κ3) is 9.32. The molecule has 0 atom stereocenters. The number of hydrogen-bond donors (Lipinski definition) is 0. The summed E-state index contributed by atoms with van der Waals surface area (Å²) >= 11 is 0. The molecule has 0 aromatic rings. The number of rotatable bonds is 3. The minimum atomic E-state index is -0.135. The first-order chi connectivity index (χ1) is 6.41. The largest absolute Gasteiger partial charge is 1.00 e. The molecule has 0 spiro atoms. The third-order valence-electron chi connectivity index (χ3n) is 1.67. The SMILES string of the molecule is C=[C-]/C=C\C(=C)/C=C(\C#N)C(C)(C)C.[CH3-].[K+]. The standard InChI is InChI=1S/C13H16N.CH3.K/c1-6-7-8-11(2)9-12(10-14)13(3,4)5;;/h7-9H,1-2H2,3-5H3;1H3;/q2*-1;+1/b8-7-,12-9+;;. The molecule has 0 rings (SSSR count). The second kappa shape index (κ2) is 10.3. The first-order valence-corrected chi connectivity index (χ1v) is 4.42. The Morgan fingerprint density at radius 2 is 1.88 bits per heavy atom. The zero-order valence-corrected chi connectivity index (χ0v) is 14.2. The predicted molar refractivity (Wildman–Crippen MR) is 66.7 cm³/mol. The smallest absolute Gasteiger partial charge is 0.358 e. The van der Waals surface area contributed by atoms with E-state index >= 15 is 0 Å². The molecule has 0 radical (unpaired) electrons. The first-order valence-electron chi connectivity index (χ1n) is 4.42. The number of nitriles is 1. The Labute approximate surface area is 143 Å². The van der Waals surface area contributed by atoms with Crippen LogP contribution in [-0.4, -0.2) is 0 Å². The molecule has 0 aliphatic rings. The minimum Gasteiger partial charge on any atom is -0.358 e. The molecule has 0 aromatic carbocycles. The van der Waals surface area contributed by atoms with Gasteiger partial charge in [-0.15, -0.1) is 12.2 Å². The van der Waals surface area contributed by atoms with Crippen molar-refractivity contribution in [2.24, 2.45) is 5.41 Å². The van der Waals surface area contributed by atoms with Crippen molar-refractivity contribution < 1.29 is 51.4 Å². The Hall–Kier alpha value is 0.0864. The third-order valence-corrected chi connectivity index (χ3v) is 1.67. The second-order valence-corrected chi connectivity index (χ2v) is 4.03. The van der Waals surface area contributed by atoms with Crippen LogP contribution in [0.1, 0.15) is 20.8 Å². The van der Waals surface area contributed by atoms with Crippen LogP contribution in [0.3, 0.4) is 0 Å². The predicted octanol–water partition coefficient (Wildman–Crippen LogP) is 1.04. The van der Waals surface area contributed by atoms with Gasteiger partial charge in [-0.2, -0.15) is 11.8 Å². The van der Waals surface area contributed by atoms with E-state index < -0.39 is 0 Å². The van der Waals surface area contributed by atoms with Crippen LogP contribution in [0.15, 0.2) is 42.5 Å². The average molecular weight is 240 g/mol. The molecule has 0 unspecified atom stereocenters. The summed E-state index contributed by atoms with van der Waals surface area (Å²) in [4.78, 5) is 0. The van der Waals surface area contributed by atoms with Crippen molar-refractivity contribution in [2.75, 3.05) is 0 Å². The van der Waals surface area contributed by atoms with Crippen molar-refractivity contribution in [2.45, 2.75) is 20.8 Å². The van der Waals surface area contributed by atoms with Gasteiger partial charge in [-0.05, 0) is 5.41 Å². The van der Waals surface area contributed by atoms with Crippen molar-refractivity contribution in [1.29, 1.82) is 5.26 Å². The van der Waals surface area contributed by atoms with Crippen LogP contribution in [0, 0.1) is 30.2 Å². The molecule has 0 aliphatic carbocycles. The Bertz CT molecular complexity index is 322. The van der Waals surface area contributed by atoms with Gasteiger partial charge in [0.1, 0.15) is 0 Å². The maximum Gasteiger partial charge on any atom is 1.00 e. The van der Waals surface area contributed by atoms with Crippen LogP contribution < -0.4 is 51.4 Å². The van der Waals surface area contributed by atoms with Crippen molar-refractivity contribution in [1.82, 2.24) is 0 Å². The van der Waals surface area contributed by atoms with Crippen LogP contribution in [0.4, 0.5) is 0 Å². The van der Waals surface area contributed by atoms with Gasteiger partial charge in [-0.1, -0.05) is 26.8 Å². The van der Waals surface area contributed by atoms with Crippen LogP contribution in [-0.2, 0) is 0 Å². The normalized spacial score (nSPS) is 11.0. The van der Waals surface area contributed by atoms with Crippen molar-refractivity contribution >= 4 is 0 Å². The molecule has 0 aromatic heterocycles. The topological polar surface area (TPSA) is 23.8 Å². The Kier molecular flexibility index (Phi) is 13.7. The van der Waals surface area contributed by atoms with Gasteiger partial charge in [0.2, 0.25) is 0 Å². The maximum absolute atomic E-state index is 8.92. The second-order valence-electron chi connectivity index (χ2n) is 4.03. The zero-order chi connectivity index (χ0) is 11.2. The van der Waals surface area contributed by atoms with Crippen LogP contribution in [0.25, 0.3) is 0 Å². The molecule has 1 nitrogen and oxygen atoms in total. The maximum atomic E-state index is 8.92. The molecule has 16 heavy (non-hydrogen) atoms. The van der Waals surface area contributed by atoms with E-state index in [-0.39, 0.29) is 64.2 Å². The quantitative estimate of drug-likeness (QED) is 0.313. The number of hydrogen-bond acceptors (Lipinski definition) is 1. The molecule has 0 bridgehead atoms. The fourth-order valence-corrected chi connectivity index (χ4v) is 0.816. The molecule has 0 saturated carbocycles. The van der Waals surface area contributed by atoms with Gasteiger partial charge < -0.3 is 7.43 Å². The van der Waals surface area contributed by atoms with E-state index in [0.29, 0.717) is 0 Å².